The van der Waals surface area contributed by atoms with E-state index in [-0.39, 0.29) is 25.1 Å². The van der Waals surface area contributed by atoms with E-state index in [4.69, 9.17) is 15.2 Å². The monoisotopic (exact) mass is 702 g/mol. The van der Waals surface area contributed by atoms with E-state index in [9.17, 15) is 26.8 Å². The molecule has 0 fully saturated rings. The van der Waals surface area contributed by atoms with Crippen LogP contribution in [0.5, 0.6) is 0 Å². The van der Waals surface area contributed by atoms with Crippen molar-refractivity contribution < 1.29 is 36.3 Å². The maximum absolute atomic E-state index is 14.0. The number of rotatable bonds is 20. The molecule has 49 heavy (non-hydrogen) atoms. The third kappa shape index (κ3) is 13.5. The van der Waals surface area contributed by atoms with Crippen LogP contribution in [0.4, 0.5) is 13.6 Å². The fourth-order valence-corrected chi connectivity index (χ4v) is 7.61. The van der Waals surface area contributed by atoms with Crippen molar-refractivity contribution in [2.45, 2.75) is 95.9 Å². The van der Waals surface area contributed by atoms with Crippen molar-refractivity contribution in [1.29, 1.82) is 0 Å². The second-order valence-electron chi connectivity index (χ2n) is 12.1. The lowest BCUT2D eigenvalue weighted by atomic mass is 10.0. The first kappa shape index (κ1) is 39.5. The van der Waals surface area contributed by atoms with Crippen LogP contribution in [0.15, 0.2) is 67.0 Å². The molecule has 0 saturated carbocycles. The number of sulfone groups is 1. The molecule has 0 aliphatic heterocycles. The number of halogens is 2. The van der Waals surface area contributed by atoms with Crippen LogP contribution in [-0.4, -0.2) is 61.2 Å². The fraction of sp³-hybridized carbons (Fsp3) is 0.472. The molecule has 3 rings (SSSR count). The van der Waals surface area contributed by atoms with Gasteiger partial charge in [-0.2, -0.15) is 0 Å². The molecule has 0 radical (unpaired) electrons. The number of nitrogens with one attached hydrogen (secondary N) is 2. The van der Waals surface area contributed by atoms with Gasteiger partial charge in [0.25, 0.3) is 0 Å². The molecule has 0 aliphatic rings. The molecule has 0 aliphatic carbocycles. The number of amides is 1. The summed E-state index contributed by atoms with van der Waals surface area (Å²) in [5.74, 6) is -3.31. The molecule has 4 N–H and O–H groups in total. The minimum absolute atomic E-state index is 0.0281. The van der Waals surface area contributed by atoms with E-state index in [0.29, 0.717) is 37.8 Å². The zero-order valence-electron chi connectivity index (χ0n) is 28.4. The minimum atomic E-state index is -3.89. The quantitative estimate of drug-likeness (QED) is 0.136. The molecular formula is C36H48F2N4O6S. The number of nitrogens with two attached hydrogens (primary N) is 1. The summed E-state index contributed by atoms with van der Waals surface area (Å²) in [6, 6.07) is 11.7. The Morgan fingerprint density at radius 1 is 0.918 bits per heavy atom. The van der Waals surface area contributed by atoms with Gasteiger partial charge in [0, 0.05) is 43.2 Å². The highest BCUT2D eigenvalue weighted by Crippen LogP contribution is 2.18. The summed E-state index contributed by atoms with van der Waals surface area (Å²) < 4.78 is 66.2. The summed E-state index contributed by atoms with van der Waals surface area (Å²) in [6.07, 6.45) is 3.78. The van der Waals surface area contributed by atoms with E-state index in [1.165, 1.54) is 6.20 Å². The molecule has 1 heterocycles. The van der Waals surface area contributed by atoms with Crippen molar-refractivity contribution in [3.63, 3.8) is 0 Å². The summed E-state index contributed by atoms with van der Waals surface area (Å²) in [7, 11) is -3.89. The molecule has 2 aromatic carbocycles. The summed E-state index contributed by atoms with van der Waals surface area (Å²) in [6.45, 7) is 6.06. The Bertz CT molecular complexity index is 1570. The van der Waals surface area contributed by atoms with E-state index >= 15 is 0 Å². The van der Waals surface area contributed by atoms with E-state index in [1.807, 2.05) is 45.0 Å². The SMILES string of the molecule is CCCC(CCC)S(=O)(=O)C[C@@H](NC(=O)OCc1cccnc1)C(=O)O[C@H](CNCc1cccc(CC)c1)[C@@H](N)Cc1cc(F)cc(F)c1. The van der Waals surface area contributed by atoms with Gasteiger partial charge in [0.1, 0.15) is 30.4 Å². The van der Waals surface area contributed by atoms with E-state index < -0.39 is 62.7 Å². The third-order valence-electron chi connectivity index (χ3n) is 8.01. The molecule has 10 nitrogen and oxygen atoms in total. The molecular weight excluding hydrogens is 654 g/mol. The van der Waals surface area contributed by atoms with Gasteiger partial charge >= 0.3 is 12.1 Å². The number of carbonyl (C=O) groups excluding carboxylic acids is 2. The topological polar surface area (TPSA) is 150 Å². The second-order valence-corrected chi connectivity index (χ2v) is 14.4. The van der Waals surface area contributed by atoms with Gasteiger partial charge in [-0.05, 0) is 60.6 Å². The van der Waals surface area contributed by atoms with Crippen molar-refractivity contribution in [3.8, 4) is 0 Å². The lowest BCUT2D eigenvalue weighted by Gasteiger charge is -2.28. The summed E-state index contributed by atoms with van der Waals surface area (Å²) in [5, 5.41) is 4.90. The van der Waals surface area contributed by atoms with Crippen molar-refractivity contribution in [2.24, 2.45) is 5.73 Å². The number of hydrogen-bond donors (Lipinski definition) is 3. The molecule has 0 saturated heterocycles. The Hall–Kier alpha value is -3.94. The number of alkyl carbamates (subject to hydrolysis) is 1. The number of nitrogens with zero attached hydrogens (tertiary/aromatic N) is 1. The van der Waals surface area contributed by atoms with Gasteiger partial charge in [-0.1, -0.05) is 63.9 Å². The Morgan fingerprint density at radius 2 is 1.59 bits per heavy atom. The van der Waals surface area contributed by atoms with Gasteiger partial charge in [-0.25, -0.2) is 26.8 Å². The van der Waals surface area contributed by atoms with Crippen LogP contribution in [-0.2, 0) is 50.1 Å². The maximum Gasteiger partial charge on any atom is 0.408 e. The first-order valence-corrected chi connectivity index (χ1v) is 18.4. The van der Waals surface area contributed by atoms with Crippen LogP contribution in [0.25, 0.3) is 0 Å². The Labute approximate surface area is 288 Å². The standard InChI is InChI=1S/C36H48F2N4O6S/c1-4-9-31(10-5-2)49(45,46)24-33(42-36(44)47-23-27-13-8-14-40-21-27)35(43)48-34(22-41-20-26-12-7-11-25(6-3)15-26)32(39)18-28-16-29(37)19-30(38)17-28/h7-8,11-17,19,21,31-34,41H,4-6,9-10,18,20,22-24,39H2,1-3H3,(H,42,44)/t32-,33+,34+/m0/s1. The molecule has 0 spiro atoms. The van der Waals surface area contributed by atoms with Crippen molar-refractivity contribution >= 4 is 21.9 Å². The number of hydrogen-bond acceptors (Lipinski definition) is 9. The zero-order chi connectivity index (χ0) is 35.8. The number of benzene rings is 2. The third-order valence-corrected chi connectivity index (χ3v) is 10.3. The highest BCUT2D eigenvalue weighted by atomic mass is 32.2. The predicted octanol–water partition coefficient (Wildman–Crippen LogP) is 5.17. The van der Waals surface area contributed by atoms with Crippen LogP contribution in [0.1, 0.15) is 68.7 Å². The fourth-order valence-electron chi connectivity index (χ4n) is 5.46. The lowest BCUT2D eigenvalue weighted by Crippen LogP contribution is -2.52. The van der Waals surface area contributed by atoms with Crippen molar-refractivity contribution in [1.82, 2.24) is 15.6 Å². The maximum atomic E-state index is 14.0. The normalized spacial score (nSPS) is 13.4. The van der Waals surface area contributed by atoms with E-state index in [0.717, 1.165) is 35.7 Å². The average molecular weight is 703 g/mol. The number of aryl methyl sites for hydroxylation is 1. The Kier molecular flexibility index (Phi) is 16.0. The molecule has 1 amide bonds. The Balaban J connectivity index is 1.85. The number of carbonyl (C=O) groups is 2. The van der Waals surface area contributed by atoms with E-state index in [1.54, 1.807) is 18.3 Å². The van der Waals surface area contributed by atoms with Crippen LogP contribution < -0.4 is 16.4 Å². The number of ether oxygens (including phenoxy) is 2. The number of aromatic nitrogens is 1. The predicted molar refractivity (Wildman–Crippen MR) is 184 cm³/mol. The smallest absolute Gasteiger partial charge is 0.408 e. The van der Waals surface area contributed by atoms with Crippen LogP contribution in [0.2, 0.25) is 0 Å². The first-order chi connectivity index (χ1) is 23.4. The molecule has 13 heteroatoms. The van der Waals surface area contributed by atoms with Gasteiger partial charge in [0.2, 0.25) is 0 Å². The minimum Gasteiger partial charge on any atom is -0.458 e. The summed E-state index contributed by atoms with van der Waals surface area (Å²) in [4.78, 5) is 30.6. The molecule has 3 atom stereocenters. The van der Waals surface area contributed by atoms with Gasteiger partial charge < -0.3 is 25.8 Å². The number of esters is 1. The summed E-state index contributed by atoms with van der Waals surface area (Å²) >= 11 is 0. The molecule has 3 aromatic rings. The van der Waals surface area contributed by atoms with Crippen LogP contribution >= 0.6 is 0 Å². The van der Waals surface area contributed by atoms with Gasteiger partial charge in [-0.15, -0.1) is 0 Å². The highest BCUT2D eigenvalue weighted by Gasteiger charge is 2.35. The lowest BCUT2D eigenvalue weighted by molar-refractivity contribution is -0.151. The Morgan fingerprint density at radius 3 is 2.22 bits per heavy atom. The zero-order valence-corrected chi connectivity index (χ0v) is 29.2. The van der Waals surface area contributed by atoms with Crippen LogP contribution in [0.3, 0.4) is 0 Å². The van der Waals surface area contributed by atoms with Gasteiger partial charge in [0.15, 0.2) is 9.84 Å². The second kappa shape index (κ2) is 19.9. The van der Waals surface area contributed by atoms with Crippen molar-refractivity contribution in [3.05, 3.63) is 101 Å². The first-order valence-electron chi connectivity index (χ1n) is 16.7. The molecule has 0 unspecified atom stereocenters. The highest BCUT2D eigenvalue weighted by molar-refractivity contribution is 7.92. The van der Waals surface area contributed by atoms with E-state index in [2.05, 4.69) is 15.6 Å². The van der Waals surface area contributed by atoms with Crippen LogP contribution in [0, 0.1) is 11.6 Å². The largest absolute Gasteiger partial charge is 0.458 e. The van der Waals surface area contributed by atoms with Gasteiger partial charge in [0.05, 0.1) is 11.0 Å². The average Bonchev–Trinajstić information content (AvgIpc) is 3.06. The van der Waals surface area contributed by atoms with Gasteiger partial charge in [-0.3, -0.25) is 4.98 Å². The van der Waals surface area contributed by atoms with Crippen molar-refractivity contribution in [2.75, 3.05) is 12.3 Å². The molecule has 0 bridgehead atoms. The number of pyridine rings is 1. The molecule has 268 valence electrons. The summed E-state index contributed by atoms with van der Waals surface area (Å²) in [5.41, 5.74) is 9.45. The molecule has 1 aromatic heterocycles.